The number of aldehydes is 1. The molecule has 0 N–H and O–H groups in total. The summed E-state index contributed by atoms with van der Waals surface area (Å²) in [7, 11) is 3.19. The summed E-state index contributed by atoms with van der Waals surface area (Å²) < 4.78 is 12.2. The molecule has 0 fully saturated rings. The van der Waals surface area contributed by atoms with Crippen molar-refractivity contribution in [1.82, 2.24) is 9.78 Å². The molecule has 0 amide bonds. The van der Waals surface area contributed by atoms with Crippen molar-refractivity contribution >= 4 is 6.29 Å². The molecule has 100 valence electrons. The van der Waals surface area contributed by atoms with Crippen LogP contribution in [0.15, 0.2) is 18.2 Å². The van der Waals surface area contributed by atoms with E-state index >= 15 is 0 Å². The van der Waals surface area contributed by atoms with Gasteiger partial charge in [-0.2, -0.15) is 5.10 Å². The Morgan fingerprint density at radius 3 is 2.11 bits per heavy atom. The first-order chi connectivity index (χ1) is 9.10. The van der Waals surface area contributed by atoms with Gasteiger partial charge in [0.05, 0.1) is 36.9 Å². The van der Waals surface area contributed by atoms with Gasteiger partial charge in [0.2, 0.25) is 0 Å². The quantitative estimate of drug-likeness (QED) is 0.792. The van der Waals surface area contributed by atoms with Crippen molar-refractivity contribution in [2.24, 2.45) is 0 Å². The van der Waals surface area contributed by atoms with Crippen LogP contribution in [0.4, 0.5) is 0 Å². The van der Waals surface area contributed by atoms with Crippen molar-refractivity contribution in [3.63, 3.8) is 0 Å². The number of carbonyl (C=O) groups is 1. The molecule has 0 atom stereocenters. The Kier molecular flexibility index (Phi) is 3.55. The van der Waals surface area contributed by atoms with Gasteiger partial charge in [-0.25, -0.2) is 4.68 Å². The minimum absolute atomic E-state index is 0.613. The van der Waals surface area contributed by atoms with Crippen molar-refractivity contribution in [3.05, 3.63) is 35.2 Å². The summed E-state index contributed by atoms with van der Waals surface area (Å²) >= 11 is 0. The van der Waals surface area contributed by atoms with Crippen LogP contribution in [0, 0.1) is 13.8 Å². The predicted octanol–water partition coefficient (Wildman–Crippen LogP) is 2.32. The van der Waals surface area contributed by atoms with Crippen LogP contribution in [-0.2, 0) is 0 Å². The number of benzene rings is 1. The smallest absolute Gasteiger partial charge is 0.153 e. The lowest BCUT2D eigenvalue weighted by atomic mass is 10.2. The van der Waals surface area contributed by atoms with Gasteiger partial charge in [-0.3, -0.25) is 4.79 Å². The molecule has 2 aromatic rings. The molecule has 0 radical (unpaired) electrons. The minimum atomic E-state index is 0.613. The number of rotatable bonds is 4. The Hall–Kier alpha value is -2.30. The van der Waals surface area contributed by atoms with Crippen LogP contribution in [0.25, 0.3) is 5.69 Å². The van der Waals surface area contributed by atoms with Gasteiger partial charge in [0.25, 0.3) is 0 Å². The molecule has 0 aliphatic carbocycles. The molecule has 0 saturated heterocycles. The highest BCUT2D eigenvalue weighted by Gasteiger charge is 2.13. The zero-order valence-electron chi connectivity index (χ0n) is 11.4. The van der Waals surface area contributed by atoms with Gasteiger partial charge in [-0.15, -0.1) is 0 Å². The van der Waals surface area contributed by atoms with Crippen LogP contribution < -0.4 is 9.47 Å². The zero-order valence-corrected chi connectivity index (χ0v) is 11.4. The van der Waals surface area contributed by atoms with Crippen LogP contribution in [0.1, 0.15) is 21.7 Å². The molecule has 2 rings (SSSR count). The summed E-state index contributed by atoms with van der Waals surface area (Å²) in [5.41, 5.74) is 2.91. The van der Waals surface area contributed by atoms with Crippen molar-refractivity contribution in [2.45, 2.75) is 13.8 Å². The molecule has 1 heterocycles. The van der Waals surface area contributed by atoms with E-state index in [0.717, 1.165) is 17.7 Å². The second kappa shape index (κ2) is 5.14. The van der Waals surface area contributed by atoms with Gasteiger partial charge in [-0.05, 0) is 13.8 Å². The fourth-order valence-electron chi connectivity index (χ4n) is 1.99. The lowest BCUT2D eigenvalue weighted by Crippen LogP contribution is -2.01. The van der Waals surface area contributed by atoms with Crippen LogP contribution in [0.3, 0.4) is 0 Å². The van der Waals surface area contributed by atoms with Crippen LogP contribution in [0.2, 0.25) is 0 Å². The van der Waals surface area contributed by atoms with Gasteiger partial charge in [-0.1, -0.05) is 0 Å². The maximum atomic E-state index is 11.0. The first-order valence-electron chi connectivity index (χ1n) is 5.85. The predicted molar refractivity (Wildman–Crippen MR) is 71.5 cm³/mol. The van der Waals surface area contributed by atoms with Crippen molar-refractivity contribution < 1.29 is 14.3 Å². The van der Waals surface area contributed by atoms with Gasteiger partial charge in [0.15, 0.2) is 6.29 Å². The van der Waals surface area contributed by atoms with Crippen LogP contribution in [0.5, 0.6) is 11.5 Å². The molecule has 1 aromatic heterocycles. The summed E-state index contributed by atoms with van der Waals surface area (Å²) in [6, 6.07) is 5.48. The third kappa shape index (κ3) is 2.31. The molecule has 5 nitrogen and oxygen atoms in total. The molecule has 0 aliphatic heterocycles. The third-order valence-corrected chi connectivity index (χ3v) is 3.05. The summed E-state index contributed by atoms with van der Waals surface area (Å²) in [6.45, 7) is 3.67. The Bertz CT molecular complexity index is 595. The third-order valence-electron chi connectivity index (χ3n) is 3.05. The standard InChI is InChI=1S/C14H16N2O3/c1-9-14(8-17)10(2)16(15-9)11-5-12(18-3)7-13(6-11)19-4/h5-8H,1-4H3. The molecular formula is C14H16N2O3. The Morgan fingerprint density at radius 2 is 1.68 bits per heavy atom. The first-order valence-corrected chi connectivity index (χ1v) is 5.85. The largest absolute Gasteiger partial charge is 0.497 e. The van der Waals surface area contributed by atoms with E-state index in [9.17, 15) is 4.79 Å². The number of ether oxygens (including phenoxy) is 2. The van der Waals surface area contributed by atoms with Crippen molar-refractivity contribution in [2.75, 3.05) is 14.2 Å². The molecule has 19 heavy (non-hydrogen) atoms. The molecule has 1 aromatic carbocycles. The highest BCUT2D eigenvalue weighted by atomic mass is 16.5. The maximum Gasteiger partial charge on any atom is 0.153 e. The molecular weight excluding hydrogens is 244 g/mol. The number of aryl methyl sites for hydroxylation is 1. The van der Waals surface area contributed by atoms with Gasteiger partial charge >= 0.3 is 0 Å². The maximum absolute atomic E-state index is 11.0. The second-order valence-electron chi connectivity index (χ2n) is 4.19. The fourth-order valence-corrected chi connectivity index (χ4v) is 1.99. The molecule has 0 unspecified atom stereocenters. The zero-order chi connectivity index (χ0) is 14.0. The molecule has 0 saturated carbocycles. The van der Waals surface area contributed by atoms with Gasteiger partial charge in [0, 0.05) is 18.2 Å². The van der Waals surface area contributed by atoms with E-state index in [2.05, 4.69) is 5.10 Å². The number of aromatic nitrogens is 2. The monoisotopic (exact) mass is 260 g/mol. The second-order valence-corrected chi connectivity index (χ2v) is 4.19. The molecule has 0 aliphatic rings. The lowest BCUT2D eigenvalue weighted by Gasteiger charge is -2.09. The molecule has 5 heteroatoms. The molecule has 0 bridgehead atoms. The average Bonchev–Trinajstić information content (AvgIpc) is 2.72. The SMILES string of the molecule is COc1cc(OC)cc(-n2nc(C)c(C=O)c2C)c1. The number of methoxy groups -OCH3 is 2. The highest BCUT2D eigenvalue weighted by Crippen LogP contribution is 2.26. The minimum Gasteiger partial charge on any atom is -0.497 e. The highest BCUT2D eigenvalue weighted by molar-refractivity contribution is 5.78. The van der Waals surface area contributed by atoms with E-state index in [1.807, 2.05) is 26.0 Å². The Morgan fingerprint density at radius 1 is 1.11 bits per heavy atom. The number of hydrogen-bond donors (Lipinski definition) is 0. The van der Waals surface area contributed by atoms with Gasteiger partial charge < -0.3 is 9.47 Å². The van der Waals surface area contributed by atoms with E-state index in [0.29, 0.717) is 22.8 Å². The Balaban J connectivity index is 2.61. The summed E-state index contributed by atoms with van der Waals surface area (Å²) in [6.07, 6.45) is 0.825. The molecule has 0 spiro atoms. The first kappa shape index (κ1) is 13.1. The summed E-state index contributed by atoms with van der Waals surface area (Å²) in [5.74, 6) is 1.35. The number of nitrogens with zero attached hydrogens (tertiary/aromatic N) is 2. The van der Waals surface area contributed by atoms with Gasteiger partial charge in [0.1, 0.15) is 11.5 Å². The topological polar surface area (TPSA) is 53.4 Å². The lowest BCUT2D eigenvalue weighted by molar-refractivity contribution is 0.112. The van der Waals surface area contributed by atoms with E-state index in [1.54, 1.807) is 25.0 Å². The van der Waals surface area contributed by atoms with E-state index in [4.69, 9.17) is 9.47 Å². The van der Waals surface area contributed by atoms with Crippen molar-refractivity contribution in [3.8, 4) is 17.2 Å². The summed E-state index contributed by atoms with van der Waals surface area (Å²) in [4.78, 5) is 11.0. The average molecular weight is 260 g/mol. The Labute approximate surface area is 111 Å². The van der Waals surface area contributed by atoms with E-state index in [1.165, 1.54) is 0 Å². The number of hydrogen-bond acceptors (Lipinski definition) is 4. The van der Waals surface area contributed by atoms with Crippen LogP contribution in [-0.4, -0.2) is 30.3 Å². The summed E-state index contributed by atoms with van der Waals surface area (Å²) in [5, 5.41) is 4.38. The van der Waals surface area contributed by atoms with Crippen LogP contribution >= 0.6 is 0 Å². The van der Waals surface area contributed by atoms with Crippen molar-refractivity contribution in [1.29, 1.82) is 0 Å². The van der Waals surface area contributed by atoms with E-state index < -0.39 is 0 Å². The normalized spacial score (nSPS) is 10.3. The fraction of sp³-hybridized carbons (Fsp3) is 0.286. The van der Waals surface area contributed by atoms with E-state index in [-0.39, 0.29) is 0 Å². The number of carbonyl (C=O) groups excluding carboxylic acids is 1.